The maximum Gasteiger partial charge on any atom is 0.338 e. The molecule has 0 fully saturated rings. The first kappa shape index (κ1) is 24.8. The van der Waals surface area contributed by atoms with Crippen LogP contribution in [0.25, 0.3) is 0 Å². The van der Waals surface area contributed by atoms with E-state index in [1.807, 2.05) is 44.2 Å². The molecule has 6 nitrogen and oxygen atoms in total. The number of carbonyl (C=O) groups excluding carboxylic acids is 1. The van der Waals surface area contributed by atoms with E-state index in [0.29, 0.717) is 11.3 Å². The average molecular weight is 486 g/mol. The molecule has 33 heavy (non-hydrogen) atoms. The smallest absolute Gasteiger partial charge is 0.338 e. The monoisotopic (exact) mass is 485 g/mol. The number of ether oxygens (including phenoxy) is 2. The number of sulfonamides is 1. The summed E-state index contributed by atoms with van der Waals surface area (Å²) < 4.78 is 38.4. The third-order valence-corrected chi connectivity index (χ3v) is 8.58. The molecule has 0 aliphatic carbocycles. The summed E-state index contributed by atoms with van der Waals surface area (Å²) in [6, 6.07) is 17.6. The number of aryl methyl sites for hydroxylation is 3. The third-order valence-electron chi connectivity index (χ3n) is 5.18. The number of benzene rings is 3. The van der Waals surface area contributed by atoms with Gasteiger partial charge in [-0.1, -0.05) is 19.1 Å². The minimum atomic E-state index is -3.84. The van der Waals surface area contributed by atoms with Crippen LogP contribution in [0.4, 0.5) is 0 Å². The van der Waals surface area contributed by atoms with Crippen LogP contribution in [0.15, 0.2) is 70.5 Å². The Morgan fingerprint density at radius 2 is 1.52 bits per heavy atom. The highest BCUT2D eigenvalue weighted by Crippen LogP contribution is 2.32. The minimum absolute atomic E-state index is 0.0394. The number of esters is 1. The second-order valence-electron chi connectivity index (χ2n) is 7.50. The van der Waals surface area contributed by atoms with Gasteiger partial charge in [0.15, 0.2) is 0 Å². The molecule has 3 aromatic carbocycles. The van der Waals surface area contributed by atoms with Crippen molar-refractivity contribution in [2.75, 3.05) is 13.7 Å². The maximum absolute atomic E-state index is 13.2. The normalized spacial score (nSPS) is 11.5. The molecule has 0 spiro atoms. The van der Waals surface area contributed by atoms with Gasteiger partial charge in [-0.05, 0) is 97.9 Å². The maximum atomic E-state index is 13.2. The van der Waals surface area contributed by atoms with E-state index in [2.05, 4.69) is 0 Å². The lowest BCUT2D eigenvalue weighted by Crippen LogP contribution is -2.24. The summed E-state index contributed by atoms with van der Waals surface area (Å²) in [7, 11) is -2.57. The lowest BCUT2D eigenvalue weighted by Gasteiger charge is -2.20. The van der Waals surface area contributed by atoms with Crippen molar-refractivity contribution in [2.45, 2.75) is 37.5 Å². The molecule has 0 aliphatic heterocycles. The molecule has 3 aromatic rings. The Balaban J connectivity index is 1.78. The van der Waals surface area contributed by atoms with Gasteiger partial charge < -0.3 is 9.47 Å². The van der Waals surface area contributed by atoms with Crippen molar-refractivity contribution in [3.8, 4) is 11.5 Å². The van der Waals surface area contributed by atoms with Crippen LogP contribution in [0.5, 0.6) is 11.5 Å². The minimum Gasteiger partial charge on any atom is -0.465 e. The fraction of sp³-hybridized carbons (Fsp3) is 0.240. The Morgan fingerprint density at radius 1 is 0.879 bits per heavy atom. The predicted octanol–water partition coefficient (Wildman–Crippen LogP) is 5.91. The van der Waals surface area contributed by atoms with Crippen LogP contribution >= 0.6 is 11.9 Å². The Bertz CT molecular complexity index is 1250. The first-order valence-corrected chi connectivity index (χ1v) is 12.6. The lowest BCUT2D eigenvalue weighted by atomic mass is 10.1. The number of hydrogen-bond donors (Lipinski definition) is 0. The van der Waals surface area contributed by atoms with Crippen molar-refractivity contribution in [3.63, 3.8) is 0 Å². The van der Waals surface area contributed by atoms with Crippen LogP contribution < -0.4 is 4.74 Å². The molecule has 0 saturated heterocycles. The largest absolute Gasteiger partial charge is 0.465 e. The zero-order chi connectivity index (χ0) is 24.2. The molecule has 0 N–H and O–H groups in total. The highest BCUT2D eigenvalue weighted by Gasteiger charge is 2.26. The molecule has 0 heterocycles. The molecule has 3 rings (SSSR count). The number of hydrogen-bond acceptors (Lipinski definition) is 6. The van der Waals surface area contributed by atoms with Crippen LogP contribution in [0.2, 0.25) is 0 Å². The Hall–Kier alpha value is -2.81. The van der Waals surface area contributed by atoms with E-state index in [1.165, 1.54) is 28.5 Å². The number of rotatable bonds is 8. The highest BCUT2D eigenvalue weighted by molar-refractivity contribution is 8.08. The van der Waals surface area contributed by atoms with Gasteiger partial charge in [0.2, 0.25) is 0 Å². The molecule has 0 atom stereocenters. The van der Waals surface area contributed by atoms with Crippen LogP contribution in [0.1, 0.15) is 34.0 Å². The van der Waals surface area contributed by atoms with Gasteiger partial charge >= 0.3 is 5.97 Å². The summed E-state index contributed by atoms with van der Waals surface area (Å²) >= 11 is 1.11. The fourth-order valence-corrected chi connectivity index (χ4v) is 5.70. The standard InChI is InChI=1S/C25H27NO5S2/c1-6-26(33(28,29)23-14-8-18(3)24(16-23)25(27)30-5)32-22-12-10-20(11-13-22)31-21-9-7-17(2)19(4)15-21/h7-16H,6H2,1-5H3. The highest BCUT2D eigenvalue weighted by atomic mass is 32.3. The zero-order valence-electron chi connectivity index (χ0n) is 19.3. The van der Waals surface area contributed by atoms with Gasteiger partial charge in [-0.3, -0.25) is 0 Å². The molecule has 0 radical (unpaired) electrons. The van der Waals surface area contributed by atoms with E-state index in [9.17, 15) is 13.2 Å². The van der Waals surface area contributed by atoms with Crippen molar-refractivity contribution in [2.24, 2.45) is 0 Å². The van der Waals surface area contributed by atoms with Crippen molar-refractivity contribution in [1.82, 2.24) is 3.71 Å². The second-order valence-corrected chi connectivity index (χ2v) is 10.7. The number of methoxy groups -OCH3 is 1. The SMILES string of the molecule is CCN(Sc1ccc(Oc2ccc(C)c(C)c2)cc1)S(=O)(=O)c1ccc(C)c(C(=O)OC)c1. The van der Waals surface area contributed by atoms with E-state index in [1.54, 1.807) is 32.0 Å². The van der Waals surface area contributed by atoms with Crippen molar-refractivity contribution in [3.05, 3.63) is 82.9 Å². The van der Waals surface area contributed by atoms with E-state index < -0.39 is 16.0 Å². The van der Waals surface area contributed by atoms with Crippen LogP contribution in [-0.2, 0) is 14.8 Å². The summed E-state index contributed by atoms with van der Waals surface area (Å²) in [5.74, 6) is 0.839. The van der Waals surface area contributed by atoms with Crippen LogP contribution in [0.3, 0.4) is 0 Å². The molecule has 0 amide bonds. The van der Waals surface area contributed by atoms with Crippen molar-refractivity contribution < 1.29 is 22.7 Å². The quantitative estimate of drug-likeness (QED) is 0.292. The van der Waals surface area contributed by atoms with Crippen LogP contribution in [0, 0.1) is 20.8 Å². The van der Waals surface area contributed by atoms with Gasteiger partial charge in [0.05, 0.1) is 17.6 Å². The van der Waals surface area contributed by atoms with Crippen LogP contribution in [-0.4, -0.2) is 31.8 Å². The second kappa shape index (κ2) is 10.4. The molecular formula is C25H27NO5S2. The van der Waals surface area contributed by atoms with E-state index in [4.69, 9.17) is 9.47 Å². The van der Waals surface area contributed by atoms with Gasteiger partial charge in [0, 0.05) is 11.4 Å². The van der Waals surface area contributed by atoms with Gasteiger partial charge in [-0.2, -0.15) is 0 Å². The van der Waals surface area contributed by atoms with Gasteiger partial charge in [0.1, 0.15) is 11.5 Å². The van der Waals surface area contributed by atoms with E-state index in [-0.39, 0.29) is 17.0 Å². The summed E-state index contributed by atoms with van der Waals surface area (Å²) in [5.41, 5.74) is 3.22. The fourth-order valence-electron chi connectivity index (χ4n) is 3.09. The van der Waals surface area contributed by atoms with Crippen molar-refractivity contribution in [1.29, 1.82) is 0 Å². The van der Waals surface area contributed by atoms with Crippen molar-refractivity contribution >= 4 is 27.9 Å². The first-order valence-electron chi connectivity index (χ1n) is 10.4. The Kier molecular flexibility index (Phi) is 7.84. The summed E-state index contributed by atoms with van der Waals surface area (Å²) in [4.78, 5) is 12.8. The van der Waals surface area contributed by atoms with Gasteiger partial charge in [-0.25, -0.2) is 13.2 Å². The average Bonchev–Trinajstić information content (AvgIpc) is 2.80. The summed E-state index contributed by atoms with van der Waals surface area (Å²) in [6.07, 6.45) is 0. The Morgan fingerprint density at radius 3 is 2.12 bits per heavy atom. The Labute approximate surface area is 199 Å². The molecule has 0 unspecified atom stereocenters. The molecule has 0 aliphatic rings. The predicted molar refractivity (Wildman–Crippen MR) is 130 cm³/mol. The van der Waals surface area contributed by atoms with Gasteiger partial charge in [0.25, 0.3) is 10.0 Å². The first-order chi connectivity index (χ1) is 15.6. The lowest BCUT2D eigenvalue weighted by molar-refractivity contribution is 0.0599. The van der Waals surface area contributed by atoms with Gasteiger partial charge in [-0.15, -0.1) is 3.71 Å². The molecule has 0 bridgehead atoms. The number of nitrogens with zero attached hydrogens (tertiary/aromatic N) is 1. The number of carbonyl (C=O) groups is 1. The molecule has 0 aromatic heterocycles. The molecule has 174 valence electrons. The zero-order valence-corrected chi connectivity index (χ0v) is 20.9. The molecule has 8 heteroatoms. The van der Waals surface area contributed by atoms with E-state index in [0.717, 1.165) is 28.2 Å². The summed E-state index contributed by atoms with van der Waals surface area (Å²) in [6.45, 7) is 7.82. The topological polar surface area (TPSA) is 72.9 Å². The third kappa shape index (κ3) is 5.76. The molecule has 0 saturated carbocycles. The molecular weight excluding hydrogens is 458 g/mol. The van der Waals surface area contributed by atoms with E-state index >= 15 is 0 Å². The summed E-state index contributed by atoms with van der Waals surface area (Å²) in [5, 5.41) is 0.